The second kappa shape index (κ2) is 7.65. The molecular weight excluding hydrogens is 288 g/mol. The van der Waals surface area contributed by atoms with Crippen molar-refractivity contribution in [1.82, 2.24) is 15.0 Å². The number of thioether (sulfide) groups is 1. The zero-order valence-electron chi connectivity index (χ0n) is 12.0. The van der Waals surface area contributed by atoms with Gasteiger partial charge in [-0.25, -0.2) is 5.84 Å². The molecule has 0 atom stereocenters. The lowest BCUT2D eigenvalue weighted by atomic mass is 10.3. The van der Waals surface area contributed by atoms with Gasteiger partial charge in [0.1, 0.15) is 0 Å². The number of ether oxygens (including phenoxy) is 1. The summed E-state index contributed by atoms with van der Waals surface area (Å²) in [5, 5.41) is 3.16. The average molecular weight is 306 g/mol. The Morgan fingerprint density at radius 1 is 1.19 bits per heavy atom. The maximum absolute atomic E-state index is 5.43. The number of hydrogen-bond donors (Lipinski definition) is 3. The Balaban J connectivity index is 2.25. The number of anilines is 3. The van der Waals surface area contributed by atoms with E-state index in [4.69, 9.17) is 10.6 Å². The molecular formula is C13H18N6OS. The van der Waals surface area contributed by atoms with Crippen LogP contribution in [0.4, 0.5) is 17.6 Å². The van der Waals surface area contributed by atoms with Crippen LogP contribution in [0.1, 0.15) is 13.3 Å². The molecule has 0 spiro atoms. The highest BCUT2D eigenvalue weighted by Crippen LogP contribution is 2.27. The van der Waals surface area contributed by atoms with Crippen molar-refractivity contribution in [3.63, 3.8) is 0 Å². The van der Waals surface area contributed by atoms with Gasteiger partial charge < -0.3 is 10.1 Å². The van der Waals surface area contributed by atoms with Gasteiger partial charge >= 0.3 is 6.01 Å². The van der Waals surface area contributed by atoms with Crippen LogP contribution >= 0.6 is 11.8 Å². The third kappa shape index (κ3) is 4.20. The van der Waals surface area contributed by atoms with Gasteiger partial charge in [-0.1, -0.05) is 19.1 Å². The molecule has 1 heterocycles. The van der Waals surface area contributed by atoms with Crippen molar-refractivity contribution in [3.05, 3.63) is 24.3 Å². The quantitative estimate of drug-likeness (QED) is 0.407. The lowest BCUT2D eigenvalue weighted by Gasteiger charge is -2.11. The summed E-state index contributed by atoms with van der Waals surface area (Å²) in [4.78, 5) is 13.5. The van der Waals surface area contributed by atoms with Crippen molar-refractivity contribution >= 4 is 29.3 Å². The Morgan fingerprint density at radius 2 is 1.95 bits per heavy atom. The normalized spacial score (nSPS) is 10.2. The third-order valence-corrected chi connectivity index (χ3v) is 3.33. The largest absolute Gasteiger partial charge is 0.463 e. The topological polar surface area (TPSA) is 98.0 Å². The van der Waals surface area contributed by atoms with E-state index in [1.165, 1.54) is 0 Å². The fourth-order valence-electron chi connectivity index (χ4n) is 1.60. The predicted molar refractivity (Wildman–Crippen MR) is 84.9 cm³/mol. The van der Waals surface area contributed by atoms with Crippen molar-refractivity contribution < 1.29 is 4.74 Å². The maximum atomic E-state index is 5.43. The number of nitrogens with zero attached hydrogens (tertiary/aromatic N) is 3. The minimum Gasteiger partial charge on any atom is -0.463 e. The third-order valence-electron chi connectivity index (χ3n) is 2.53. The van der Waals surface area contributed by atoms with Gasteiger partial charge in [0.25, 0.3) is 0 Å². The molecule has 7 nitrogen and oxygen atoms in total. The van der Waals surface area contributed by atoms with Crippen LogP contribution in [0.2, 0.25) is 0 Å². The van der Waals surface area contributed by atoms with Gasteiger partial charge in [0.15, 0.2) is 0 Å². The summed E-state index contributed by atoms with van der Waals surface area (Å²) in [7, 11) is 0. The van der Waals surface area contributed by atoms with Gasteiger partial charge in [0.2, 0.25) is 11.9 Å². The molecule has 0 radical (unpaired) electrons. The van der Waals surface area contributed by atoms with Gasteiger partial charge in [0, 0.05) is 4.90 Å². The van der Waals surface area contributed by atoms with Crippen LogP contribution in [-0.2, 0) is 0 Å². The number of aromatic nitrogens is 3. The Morgan fingerprint density at radius 3 is 2.67 bits per heavy atom. The van der Waals surface area contributed by atoms with E-state index in [9.17, 15) is 0 Å². The molecule has 4 N–H and O–H groups in total. The summed E-state index contributed by atoms with van der Waals surface area (Å²) in [5.41, 5.74) is 3.33. The number of nitrogens with one attached hydrogen (secondary N) is 2. The fourth-order valence-corrected chi connectivity index (χ4v) is 2.16. The predicted octanol–water partition coefficient (Wildman–Crippen LogP) is 2.41. The summed E-state index contributed by atoms with van der Waals surface area (Å²) >= 11 is 1.64. The first kappa shape index (κ1) is 15.3. The standard InChI is InChI=1S/C13H18N6OS/c1-3-8-20-13-17-11(16-12(18-13)19-14)15-9-6-4-5-7-10(9)21-2/h4-7H,3,8,14H2,1-2H3,(H2,15,16,17,18,19). The van der Waals surface area contributed by atoms with Crippen molar-refractivity contribution in [2.24, 2.45) is 5.84 Å². The van der Waals surface area contributed by atoms with Crippen LogP contribution in [0.3, 0.4) is 0 Å². The molecule has 8 heteroatoms. The molecule has 2 rings (SSSR count). The molecule has 112 valence electrons. The van der Waals surface area contributed by atoms with Crippen LogP contribution in [0.5, 0.6) is 6.01 Å². The van der Waals surface area contributed by atoms with E-state index >= 15 is 0 Å². The second-order valence-corrected chi connectivity index (χ2v) is 4.93. The molecule has 0 unspecified atom stereocenters. The van der Waals surface area contributed by atoms with E-state index in [1.807, 2.05) is 37.4 Å². The number of para-hydroxylation sites is 1. The Labute approximate surface area is 127 Å². The van der Waals surface area contributed by atoms with Crippen molar-refractivity contribution in [1.29, 1.82) is 0 Å². The smallest absolute Gasteiger partial charge is 0.323 e. The first-order valence-electron chi connectivity index (χ1n) is 6.52. The van der Waals surface area contributed by atoms with Gasteiger partial charge in [-0.05, 0) is 24.8 Å². The number of nitrogens with two attached hydrogens (primary N) is 1. The molecule has 0 aliphatic carbocycles. The number of rotatable bonds is 7. The van der Waals surface area contributed by atoms with E-state index in [-0.39, 0.29) is 12.0 Å². The van der Waals surface area contributed by atoms with E-state index < -0.39 is 0 Å². The number of nitrogen functional groups attached to an aromatic ring is 1. The molecule has 0 aliphatic heterocycles. The van der Waals surface area contributed by atoms with Gasteiger partial charge in [-0.15, -0.1) is 11.8 Å². The molecule has 1 aromatic heterocycles. The molecule has 21 heavy (non-hydrogen) atoms. The van der Waals surface area contributed by atoms with E-state index in [0.29, 0.717) is 12.6 Å². The van der Waals surface area contributed by atoms with Crippen LogP contribution in [0.15, 0.2) is 29.2 Å². The zero-order valence-corrected chi connectivity index (χ0v) is 12.8. The lowest BCUT2D eigenvalue weighted by Crippen LogP contribution is -2.14. The minimum absolute atomic E-state index is 0.240. The molecule has 0 saturated heterocycles. The van der Waals surface area contributed by atoms with Gasteiger partial charge in [-0.3, -0.25) is 5.43 Å². The van der Waals surface area contributed by atoms with Gasteiger partial charge in [0.05, 0.1) is 12.3 Å². The molecule has 0 amide bonds. The fraction of sp³-hybridized carbons (Fsp3) is 0.308. The van der Waals surface area contributed by atoms with Gasteiger partial charge in [-0.2, -0.15) is 15.0 Å². The number of benzene rings is 1. The number of hydrogen-bond acceptors (Lipinski definition) is 8. The molecule has 0 saturated carbocycles. The van der Waals surface area contributed by atoms with E-state index in [2.05, 4.69) is 25.7 Å². The first-order chi connectivity index (χ1) is 10.3. The van der Waals surface area contributed by atoms with Crippen molar-refractivity contribution in [3.8, 4) is 6.01 Å². The average Bonchev–Trinajstić information content (AvgIpc) is 2.53. The highest BCUT2D eigenvalue weighted by molar-refractivity contribution is 7.98. The maximum Gasteiger partial charge on any atom is 0.323 e. The Kier molecular flexibility index (Phi) is 5.59. The first-order valence-corrected chi connectivity index (χ1v) is 7.74. The highest BCUT2D eigenvalue weighted by Gasteiger charge is 2.08. The summed E-state index contributed by atoms with van der Waals surface area (Å²) in [5.74, 6) is 6.01. The van der Waals surface area contributed by atoms with E-state index in [0.717, 1.165) is 17.0 Å². The summed E-state index contributed by atoms with van der Waals surface area (Å²) in [6.45, 7) is 2.55. The van der Waals surface area contributed by atoms with Crippen molar-refractivity contribution in [2.45, 2.75) is 18.2 Å². The Hall–Kier alpha value is -2.06. The molecule has 0 fully saturated rings. The highest BCUT2D eigenvalue weighted by atomic mass is 32.2. The Bertz CT molecular complexity index is 595. The molecule has 0 bridgehead atoms. The van der Waals surface area contributed by atoms with Crippen LogP contribution in [0, 0.1) is 0 Å². The molecule has 1 aromatic carbocycles. The minimum atomic E-state index is 0.240. The number of hydrazine groups is 1. The monoisotopic (exact) mass is 306 g/mol. The molecule has 2 aromatic rings. The summed E-state index contributed by atoms with van der Waals surface area (Å²) in [6, 6.07) is 8.14. The SMILES string of the molecule is CCCOc1nc(NN)nc(Nc2ccccc2SC)n1. The second-order valence-electron chi connectivity index (χ2n) is 4.08. The van der Waals surface area contributed by atoms with Crippen LogP contribution in [0.25, 0.3) is 0 Å². The molecule has 0 aliphatic rings. The zero-order chi connectivity index (χ0) is 15.1. The van der Waals surface area contributed by atoms with E-state index in [1.54, 1.807) is 11.8 Å². The lowest BCUT2D eigenvalue weighted by molar-refractivity contribution is 0.292. The summed E-state index contributed by atoms with van der Waals surface area (Å²) < 4.78 is 5.43. The van der Waals surface area contributed by atoms with Crippen LogP contribution < -0.4 is 21.3 Å². The summed E-state index contributed by atoms with van der Waals surface area (Å²) in [6.07, 6.45) is 2.88. The van der Waals surface area contributed by atoms with Crippen LogP contribution in [-0.4, -0.2) is 27.8 Å². The van der Waals surface area contributed by atoms with Crippen molar-refractivity contribution in [2.75, 3.05) is 23.6 Å².